The van der Waals surface area contributed by atoms with Crippen LogP contribution in [0.15, 0.2) is 12.3 Å². The molecule has 2 N–H and O–H groups in total. The second kappa shape index (κ2) is 7.11. The molecule has 134 valence electrons. The second-order valence-corrected chi connectivity index (χ2v) is 7.97. The summed E-state index contributed by atoms with van der Waals surface area (Å²) in [6.45, 7) is 3.75. The summed E-state index contributed by atoms with van der Waals surface area (Å²) in [5, 5.41) is 11.0. The summed E-state index contributed by atoms with van der Waals surface area (Å²) in [5.41, 5.74) is 0.558. The largest absolute Gasteiger partial charge is 0.358 e. The SMILES string of the molecule is CC1CCN(C(=O)c2ccn[nH]2)C(CNc2nc(C3CCC3)ns2)C1. The molecule has 2 aromatic rings. The summed E-state index contributed by atoms with van der Waals surface area (Å²) in [4.78, 5) is 19.3. The Morgan fingerprint density at radius 3 is 3.04 bits per heavy atom. The summed E-state index contributed by atoms with van der Waals surface area (Å²) >= 11 is 1.43. The fourth-order valence-electron chi connectivity index (χ4n) is 3.59. The van der Waals surface area contributed by atoms with Crippen molar-refractivity contribution in [3.8, 4) is 0 Å². The van der Waals surface area contributed by atoms with Crippen LogP contribution in [0.25, 0.3) is 0 Å². The first-order valence-electron chi connectivity index (χ1n) is 9.08. The van der Waals surface area contributed by atoms with Gasteiger partial charge in [-0.1, -0.05) is 13.3 Å². The second-order valence-electron chi connectivity index (χ2n) is 7.22. The highest BCUT2D eigenvalue weighted by atomic mass is 32.1. The number of anilines is 1. The van der Waals surface area contributed by atoms with E-state index in [1.54, 1.807) is 12.3 Å². The molecule has 25 heavy (non-hydrogen) atoms. The predicted molar refractivity (Wildman–Crippen MR) is 96.8 cm³/mol. The highest BCUT2D eigenvalue weighted by Gasteiger charge is 2.31. The third-order valence-electron chi connectivity index (χ3n) is 5.37. The molecule has 0 radical (unpaired) electrons. The van der Waals surface area contributed by atoms with Crippen molar-refractivity contribution in [2.24, 2.45) is 5.92 Å². The zero-order valence-electron chi connectivity index (χ0n) is 14.4. The van der Waals surface area contributed by atoms with E-state index in [2.05, 4.69) is 31.8 Å². The minimum Gasteiger partial charge on any atom is -0.358 e. The van der Waals surface area contributed by atoms with Crippen LogP contribution in [0.2, 0.25) is 0 Å². The predicted octanol–water partition coefficient (Wildman–Crippen LogP) is 2.88. The monoisotopic (exact) mass is 360 g/mol. The third kappa shape index (κ3) is 3.53. The molecule has 2 atom stereocenters. The lowest BCUT2D eigenvalue weighted by Crippen LogP contribution is -2.49. The lowest BCUT2D eigenvalue weighted by molar-refractivity contribution is 0.0573. The first-order valence-corrected chi connectivity index (χ1v) is 9.86. The molecule has 7 nitrogen and oxygen atoms in total. The molecule has 2 aromatic heterocycles. The number of aromatic nitrogens is 4. The van der Waals surface area contributed by atoms with Crippen molar-refractivity contribution in [3.05, 3.63) is 23.8 Å². The number of rotatable bonds is 5. The van der Waals surface area contributed by atoms with Crippen LogP contribution in [-0.4, -0.2) is 49.5 Å². The molecule has 2 unspecified atom stereocenters. The van der Waals surface area contributed by atoms with Crippen LogP contribution in [0.3, 0.4) is 0 Å². The van der Waals surface area contributed by atoms with E-state index in [0.717, 1.165) is 30.3 Å². The molecule has 1 saturated carbocycles. The molecule has 1 amide bonds. The lowest BCUT2D eigenvalue weighted by atomic mass is 9.85. The van der Waals surface area contributed by atoms with Crippen molar-refractivity contribution < 1.29 is 4.79 Å². The molecule has 8 heteroatoms. The Kier molecular flexibility index (Phi) is 4.70. The fraction of sp³-hybridized carbons (Fsp3) is 0.647. The molecule has 2 aliphatic rings. The van der Waals surface area contributed by atoms with Crippen LogP contribution < -0.4 is 5.32 Å². The van der Waals surface area contributed by atoms with E-state index in [4.69, 9.17) is 0 Å². The fourth-order valence-corrected chi connectivity index (χ4v) is 4.24. The molecule has 1 aliphatic heterocycles. The summed E-state index contributed by atoms with van der Waals surface area (Å²) < 4.78 is 4.49. The Morgan fingerprint density at radius 1 is 1.44 bits per heavy atom. The summed E-state index contributed by atoms with van der Waals surface area (Å²) in [7, 11) is 0. The van der Waals surface area contributed by atoms with Crippen LogP contribution in [-0.2, 0) is 0 Å². The number of amides is 1. The maximum absolute atomic E-state index is 12.7. The van der Waals surface area contributed by atoms with Gasteiger partial charge in [-0.15, -0.1) is 0 Å². The van der Waals surface area contributed by atoms with Gasteiger partial charge in [-0.05, 0) is 37.7 Å². The van der Waals surface area contributed by atoms with Crippen LogP contribution in [0, 0.1) is 5.92 Å². The molecule has 2 fully saturated rings. The van der Waals surface area contributed by atoms with E-state index in [9.17, 15) is 4.79 Å². The minimum atomic E-state index is 0.0311. The molecular formula is C17H24N6OS. The average Bonchev–Trinajstić information content (AvgIpc) is 3.23. The van der Waals surface area contributed by atoms with Gasteiger partial charge in [0.25, 0.3) is 5.91 Å². The highest BCUT2D eigenvalue weighted by Crippen LogP contribution is 2.35. The Labute approximate surface area is 151 Å². The summed E-state index contributed by atoms with van der Waals surface area (Å²) in [5.74, 6) is 2.20. The van der Waals surface area contributed by atoms with Gasteiger partial charge in [0, 0.05) is 42.8 Å². The first kappa shape index (κ1) is 16.5. The van der Waals surface area contributed by atoms with E-state index in [1.165, 1.54) is 30.8 Å². The van der Waals surface area contributed by atoms with Crippen LogP contribution in [0.5, 0.6) is 0 Å². The lowest BCUT2D eigenvalue weighted by Gasteiger charge is -2.38. The first-order chi connectivity index (χ1) is 12.2. The minimum absolute atomic E-state index is 0.0311. The number of nitrogens with one attached hydrogen (secondary N) is 2. The molecule has 3 heterocycles. The molecule has 0 spiro atoms. The van der Waals surface area contributed by atoms with Gasteiger partial charge in [-0.3, -0.25) is 9.89 Å². The van der Waals surface area contributed by atoms with Gasteiger partial charge in [-0.25, -0.2) is 4.98 Å². The number of hydrogen-bond acceptors (Lipinski definition) is 6. The number of H-pyrrole nitrogens is 1. The zero-order chi connectivity index (χ0) is 17.2. The van der Waals surface area contributed by atoms with Gasteiger partial charge in [0.05, 0.1) is 0 Å². The Balaban J connectivity index is 1.40. The number of carbonyl (C=O) groups excluding carboxylic acids is 1. The molecule has 0 aromatic carbocycles. The number of nitrogens with zero attached hydrogens (tertiary/aromatic N) is 4. The quantitative estimate of drug-likeness (QED) is 0.856. The van der Waals surface area contributed by atoms with Gasteiger partial charge in [0.2, 0.25) is 5.13 Å². The van der Waals surface area contributed by atoms with Gasteiger partial charge in [0.15, 0.2) is 0 Å². The van der Waals surface area contributed by atoms with Gasteiger partial charge < -0.3 is 10.2 Å². The van der Waals surface area contributed by atoms with Crippen LogP contribution in [0.4, 0.5) is 5.13 Å². The topological polar surface area (TPSA) is 86.8 Å². The van der Waals surface area contributed by atoms with E-state index in [-0.39, 0.29) is 11.9 Å². The molecular weight excluding hydrogens is 336 g/mol. The van der Waals surface area contributed by atoms with Gasteiger partial charge in [-0.2, -0.15) is 9.47 Å². The van der Waals surface area contributed by atoms with Gasteiger partial charge in [0.1, 0.15) is 11.5 Å². The number of piperidine rings is 1. The van der Waals surface area contributed by atoms with Crippen molar-refractivity contribution in [2.45, 2.75) is 51.0 Å². The Hall–Kier alpha value is -1.96. The van der Waals surface area contributed by atoms with E-state index in [0.29, 0.717) is 24.1 Å². The van der Waals surface area contributed by atoms with E-state index >= 15 is 0 Å². The van der Waals surface area contributed by atoms with Crippen molar-refractivity contribution in [2.75, 3.05) is 18.4 Å². The molecule has 0 bridgehead atoms. The Morgan fingerprint density at radius 2 is 2.32 bits per heavy atom. The molecule has 1 aliphatic carbocycles. The maximum atomic E-state index is 12.7. The van der Waals surface area contributed by atoms with E-state index < -0.39 is 0 Å². The van der Waals surface area contributed by atoms with Crippen LogP contribution in [0.1, 0.15) is 61.3 Å². The number of hydrogen-bond donors (Lipinski definition) is 2. The van der Waals surface area contributed by atoms with Gasteiger partial charge >= 0.3 is 0 Å². The summed E-state index contributed by atoms with van der Waals surface area (Å²) in [6, 6.07) is 1.90. The Bertz CT molecular complexity index is 711. The molecule has 1 saturated heterocycles. The normalized spacial score (nSPS) is 24.1. The van der Waals surface area contributed by atoms with Crippen molar-refractivity contribution in [3.63, 3.8) is 0 Å². The third-order valence-corrected chi connectivity index (χ3v) is 6.06. The van der Waals surface area contributed by atoms with Crippen molar-refractivity contribution >= 4 is 22.6 Å². The zero-order valence-corrected chi connectivity index (χ0v) is 15.3. The molecule has 4 rings (SSSR count). The number of aromatic amines is 1. The highest BCUT2D eigenvalue weighted by molar-refractivity contribution is 7.09. The van der Waals surface area contributed by atoms with E-state index in [1.807, 2.05) is 4.90 Å². The summed E-state index contributed by atoms with van der Waals surface area (Å²) in [6.07, 6.45) is 7.38. The number of likely N-dealkylation sites (tertiary alicyclic amines) is 1. The smallest absolute Gasteiger partial charge is 0.272 e. The average molecular weight is 360 g/mol. The number of carbonyl (C=O) groups is 1. The standard InChI is InChI=1S/C17H24N6OS/c1-11-6-8-23(16(24)14-5-7-19-21-14)13(9-11)10-18-17-20-15(22-25-17)12-3-2-4-12/h5,7,11-13H,2-4,6,8-10H2,1H3,(H,19,21)(H,18,20,22). The van der Waals surface area contributed by atoms with Crippen molar-refractivity contribution in [1.29, 1.82) is 0 Å². The van der Waals surface area contributed by atoms with Crippen LogP contribution >= 0.6 is 11.5 Å². The van der Waals surface area contributed by atoms with Crippen molar-refractivity contribution in [1.82, 2.24) is 24.5 Å². The maximum Gasteiger partial charge on any atom is 0.272 e.